The lowest BCUT2D eigenvalue weighted by Gasteiger charge is -2.15. The van der Waals surface area contributed by atoms with E-state index in [-0.39, 0.29) is 5.91 Å². The number of aryl methyl sites for hydroxylation is 2. The van der Waals surface area contributed by atoms with Crippen molar-refractivity contribution in [1.82, 2.24) is 0 Å². The molecule has 0 atom stereocenters. The van der Waals surface area contributed by atoms with E-state index in [1.807, 2.05) is 66.7 Å². The highest BCUT2D eigenvalue weighted by atomic mass is 35.5. The number of hydrogen-bond donors (Lipinski definition) is 1. The number of fused-ring (bicyclic) bond motifs is 1. The van der Waals surface area contributed by atoms with Crippen molar-refractivity contribution in [3.8, 4) is 27.3 Å². The predicted octanol–water partition coefficient (Wildman–Crippen LogP) is 11.6. The molecule has 0 radical (unpaired) electrons. The van der Waals surface area contributed by atoms with Crippen LogP contribution in [0, 0.1) is 0 Å². The van der Waals surface area contributed by atoms with E-state index in [2.05, 4.69) is 73.8 Å². The van der Waals surface area contributed by atoms with E-state index in [4.69, 9.17) is 16.3 Å². The molecular weight excluding hydrogens is 606 g/mol. The van der Waals surface area contributed by atoms with E-state index in [1.165, 1.54) is 26.8 Å². The molecular formula is C41H36ClNO2S. The molecule has 0 bridgehead atoms. The third-order valence-corrected chi connectivity index (χ3v) is 9.67. The summed E-state index contributed by atoms with van der Waals surface area (Å²) in [6.45, 7) is 4.31. The molecule has 0 unspecified atom stereocenters. The van der Waals surface area contributed by atoms with E-state index in [1.54, 1.807) is 18.4 Å². The van der Waals surface area contributed by atoms with E-state index in [9.17, 15) is 4.79 Å². The van der Waals surface area contributed by atoms with Gasteiger partial charge in [-0.05, 0) is 100 Å². The van der Waals surface area contributed by atoms with Gasteiger partial charge in [0.15, 0.2) is 0 Å². The number of hydrogen-bond acceptors (Lipinski definition) is 3. The maximum atomic E-state index is 14.0. The van der Waals surface area contributed by atoms with Crippen LogP contribution in [0.3, 0.4) is 0 Å². The molecule has 46 heavy (non-hydrogen) atoms. The molecule has 0 aliphatic carbocycles. The minimum atomic E-state index is -0.220. The zero-order valence-corrected chi connectivity index (χ0v) is 27.8. The van der Waals surface area contributed by atoms with Gasteiger partial charge in [-0.15, -0.1) is 11.3 Å². The Kier molecular flexibility index (Phi) is 9.68. The second kappa shape index (κ2) is 14.2. The molecule has 0 saturated heterocycles. The SMILES string of the molecule is CCCc1ccccc1NC(=O)C(=Cc1cccc(OC)c1)c1ccc(-c2cc3cc(-c4ccc(CC)cc4)ccc3s2)cc1Cl. The number of methoxy groups -OCH3 is 1. The average molecular weight is 642 g/mol. The minimum absolute atomic E-state index is 0.220. The second-order valence-corrected chi connectivity index (χ2v) is 12.8. The number of rotatable bonds is 10. The molecule has 1 N–H and O–H groups in total. The number of halogens is 1. The van der Waals surface area contributed by atoms with E-state index >= 15 is 0 Å². The quantitative estimate of drug-likeness (QED) is 0.119. The van der Waals surface area contributed by atoms with Gasteiger partial charge in [-0.3, -0.25) is 4.79 Å². The van der Waals surface area contributed by atoms with Crippen molar-refractivity contribution >= 4 is 56.3 Å². The maximum absolute atomic E-state index is 14.0. The minimum Gasteiger partial charge on any atom is -0.497 e. The molecule has 230 valence electrons. The van der Waals surface area contributed by atoms with Crippen LogP contribution in [0.5, 0.6) is 5.75 Å². The fraction of sp³-hybridized carbons (Fsp3) is 0.146. The third-order valence-electron chi connectivity index (χ3n) is 8.19. The molecule has 0 saturated carbocycles. The number of nitrogens with one attached hydrogen (secondary N) is 1. The van der Waals surface area contributed by atoms with Crippen LogP contribution in [0.4, 0.5) is 5.69 Å². The number of thiophene rings is 1. The van der Waals surface area contributed by atoms with Crippen LogP contribution in [0.25, 0.3) is 43.3 Å². The molecule has 5 heteroatoms. The predicted molar refractivity (Wildman–Crippen MR) is 197 cm³/mol. The number of carbonyl (C=O) groups excluding carboxylic acids is 1. The summed E-state index contributed by atoms with van der Waals surface area (Å²) in [5, 5.41) is 4.87. The molecule has 5 aromatic carbocycles. The van der Waals surface area contributed by atoms with Crippen LogP contribution < -0.4 is 10.1 Å². The van der Waals surface area contributed by atoms with Crippen LogP contribution >= 0.6 is 22.9 Å². The zero-order valence-electron chi connectivity index (χ0n) is 26.3. The van der Waals surface area contributed by atoms with Gasteiger partial charge in [0.25, 0.3) is 5.91 Å². The first-order chi connectivity index (χ1) is 22.4. The molecule has 0 fully saturated rings. The van der Waals surface area contributed by atoms with E-state index in [0.717, 1.165) is 46.5 Å². The summed E-state index contributed by atoms with van der Waals surface area (Å²) < 4.78 is 6.66. The first-order valence-electron chi connectivity index (χ1n) is 15.6. The molecule has 1 heterocycles. The Balaban J connectivity index is 1.35. The molecule has 0 aliphatic rings. The van der Waals surface area contributed by atoms with Crippen molar-refractivity contribution in [2.24, 2.45) is 0 Å². The van der Waals surface area contributed by atoms with Gasteiger partial charge in [0, 0.05) is 31.4 Å². The van der Waals surface area contributed by atoms with E-state index < -0.39 is 0 Å². The number of benzene rings is 5. The fourth-order valence-corrected chi connectivity index (χ4v) is 6.99. The highest BCUT2D eigenvalue weighted by molar-refractivity contribution is 7.22. The summed E-state index contributed by atoms with van der Waals surface area (Å²) in [6.07, 6.45) is 4.76. The van der Waals surface area contributed by atoms with Crippen molar-refractivity contribution in [1.29, 1.82) is 0 Å². The van der Waals surface area contributed by atoms with Crippen LogP contribution in [-0.4, -0.2) is 13.0 Å². The van der Waals surface area contributed by atoms with Crippen molar-refractivity contribution in [3.63, 3.8) is 0 Å². The molecule has 0 spiro atoms. The van der Waals surface area contributed by atoms with Gasteiger partial charge in [-0.1, -0.05) is 105 Å². The number of para-hydroxylation sites is 1. The summed E-state index contributed by atoms with van der Waals surface area (Å²) >= 11 is 8.75. The third kappa shape index (κ3) is 6.94. The first-order valence-corrected chi connectivity index (χ1v) is 16.8. The zero-order chi connectivity index (χ0) is 32.0. The van der Waals surface area contributed by atoms with Gasteiger partial charge in [-0.25, -0.2) is 0 Å². The smallest absolute Gasteiger partial charge is 0.256 e. The molecule has 1 aromatic heterocycles. The normalized spacial score (nSPS) is 11.5. The first kappa shape index (κ1) is 31.3. The molecule has 3 nitrogen and oxygen atoms in total. The summed E-state index contributed by atoms with van der Waals surface area (Å²) in [5.41, 5.74) is 8.66. The van der Waals surface area contributed by atoms with Gasteiger partial charge in [0.2, 0.25) is 0 Å². The van der Waals surface area contributed by atoms with Gasteiger partial charge >= 0.3 is 0 Å². The van der Waals surface area contributed by atoms with Gasteiger partial charge in [0.05, 0.1) is 7.11 Å². The van der Waals surface area contributed by atoms with E-state index in [0.29, 0.717) is 21.9 Å². The lowest BCUT2D eigenvalue weighted by atomic mass is 9.99. The molecule has 6 rings (SSSR count). The molecule has 0 aliphatic heterocycles. The van der Waals surface area contributed by atoms with Crippen LogP contribution in [0.1, 0.15) is 42.5 Å². The number of amides is 1. The lowest BCUT2D eigenvalue weighted by molar-refractivity contribution is -0.111. The lowest BCUT2D eigenvalue weighted by Crippen LogP contribution is -2.15. The highest BCUT2D eigenvalue weighted by Crippen LogP contribution is 2.38. The van der Waals surface area contributed by atoms with Crippen molar-refractivity contribution in [2.45, 2.75) is 33.1 Å². The van der Waals surface area contributed by atoms with Crippen LogP contribution in [0.15, 0.2) is 115 Å². The van der Waals surface area contributed by atoms with Crippen molar-refractivity contribution < 1.29 is 9.53 Å². The second-order valence-electron chi connectivity index (χ2n) is 11.3. The largest absolute Gasteiger partial charge is 0.497 e. The fourth-order valence-electron chi connectivity index (χ4n) is 5.67. The maximum Gasteiger partial charge on any atom is 0.256 e. The summed E-state index contributed by atoms with van der Waals surface area (Å²) in [6, 6.07) is 39.2. The monoisotopic (exact) mass is 641 g/mol. The van der Waals surface area contributed by atoms with Crippen LogP contribution in [0.2, 0.25) is 5.02 Å². The number of carbonyl (C=O) groups is 1. The van der Waals surface area contributed by atoms with Crippen LogP contribution in [-0.2, 0) is 17.6 Å². The Morgan fingerprint density at radius 1 is 0.826 bits per heavy atom. The number of ether oxygens (including phenoxy) is 1. The van der Waals surface area contributed by atoms with Crippen molar-refractivity contribution in [2.75, 3.05) is 12.4 Å². The topological polar surface area (TPSA) is 38.3 Å². The van der Waals surface area contributed by atoms with Gasteiger partial charge in [0.1, 0.15) is 5.75 Å². The Hall–Kier alpha value is -4.64. The summed E-state index contributed by atoms with van der Waals surface area (Å²) in [5.74, 6) is 0.497. The summed E-state index contributed by atoms with van der Waals surface area (Å²) in [4.78, 5) is 15.1. The molecule has 1 amide bonds. The standard InChI is InChI=1S/C41H36ClNO2S/c1-4-9-30-11-6-7-13-38(30)43-41(44)36(23-28-10-8-12-34(22-28)45-3)35-20-18-32(25-37(35)42)40-26-33-24-31(19-21-39(33)46-40)29-16-14-27(5-2)15-17-29/h6-8,10-26H,4-5,9H2,1-3H3,(H,43,44). The molecule has 6 aromatic rings. The summed E-state index contributed by atoms with van der Waals surface area (Å²) in [7, 11) is 1.63. The van der Waals surface area contributed by atoms with Gasteiger partial charge < -0.3 is 10.1 Å². The Morgan fingerprint density at radius 2 is 1.61 bits per heavy atom. The number of anilines is 1. The Morgan fingerprint density at radius 3 is 2.37 bits per heavy atom. The van der Waals surface area contributed by atoms with Crippen molar-refractivity contribution in [3.05, 3.63) is 143 Å². The Labute approximate surface area is 280 Å². The highest BCUT2D eigenvalue weighted by Gasteiger charge is 2.18. The average Bonchev–Trinajstić information content (AvgIpc) is 3.52. The van der Waals surface area contributed by atoms with Gasteiger partial charge in [-0.2, -0.15) is 0 Å². The Bertz CT molecular complexity index is 2040.